The lowest BCUT2D eigenvalue weighted by atomic mass is 9.43. The van der Waals surface area contributed by atoms with E-state index in [0.29, 0.717) is 41.5 Å². The summed E-state index contributed by atoms with van der Waals surface area (Å²) in [5.41, 5.74) is 1.86. The Morgan fingerprint density at radius 2 is 1.90 bits per heavy atom. The Morgan fingerprint density at radius 3 is 2.54 bits per heavy atom. The van der Waals surface area contributed by atoms with Crippen molar-refractivity contribution in [2.24, 2.45) is 17.3 Å². The number of esters is 1. The van der Waals surface area contributed by atoms with E-state index in [9.17, 15) is 9.59 Å². The topological polar surface area (TPSA) is 74.3 Å². The summed E-state index contributed by atoms with van der Waals surface area (Å²) in [6.45, 7) is 15.6. The van der Waals surface area contributed by atoms with Gasteiger partial charge in [0.05, 0.1) is 30.5 Å². The van der Waals surface area contributed by atoms with Gasteiger partial charge in [0.15, 0.2) is 0 Å². The van der Waals surface area contributed by atoms with Gasteiger partial charge in [-0.2, -0.15) is 11.8 Å². The summed E-state index contributed by atoms with van der Waals surface area (Å²) in [6.07, 6.45) is 5.72. The van der Waals surface area contributed by atoms with Crippen molar-refractivity contribution in [2.75, 3.05) is 25.1 Å². The van der Waals surface area contributed by atoms with E-state index >= 15 is 0 Å². The number of hydrogen-bond donors (Lipinski definition) is 0. The minimum absolute atomic E-state index is 0.118. The number of benzene rings is 1. The molecule has 39 heavy (non-hydrogen) atoms. The molecule has 0 radical (unpaired) electrons. The van der Waals surface area contributed by atoms with Crippen molar-refractivity contribution in [3.63, 3.8) is 0 Å². The highest BCUT2D eigenvalue weighted by molar-refractivity contribution is 7.99. The molecule has 3 saturated carbocycles. The molecule has 0 spiro atoms. The fourth-order valence-electron chi connectivity index (χ4n) is 7.14. The fraction of sp³-hybridized carbons (Fsp3) is 0.733. The Balaban J connectivity index is 1.28. The summed E-state index contributed by atoms with van der Waals surface area (Å²) in [6, 6.07) is 3.92. The molecule has 214 valence electrons. The summed E-state index contributed by atoms with van der Waals surface area (Å²) in [4.78, 5) is 27.3. The van der Waals surface area contributed by atoms with E-state index in [1.165, 1.54) is 18.2 Å². The quantitative estimate of drug-likeness (QED) is 0.322. The van der Waals surface area contributed by atoms with Crippen LogP contribution in [0.3, 0.4) is 0 Å². The molecule has 2 saturated heterocycles. The number of aryl methyl sites for hydroxylation is 1. The average molecular weight is 558 g/mol. The summed E-state index contributed by atoms with van der Waals surface area (Å²) in [5, 5.41) is 0. The number of rotatable bonds is 8. The smallest absolute Gasteiger partial charge is 0.457 e. The summed E-state index contributed by atoms with van der Waals surface area (Å²) >= 11 is 1.52. The van der Waals surface area contributed by atoms with E-state index < -0.39 is 5.60 Å². The van der Waals surface area contributed by atoms with Gasteiger partial charge in [-0.1, -0.05) is 19.9 Å². The lowest BCUT2D eigenvalue weighted by Crippen LogP contribution is -2.65. The van der Waals surface area contributed by atoms with Gasteiger partial charge in [0.2, 0.25) is 5.91 Å². The summed E-state index contributed by atoms with van der Waals surface area (Å²) in [5.74, 6) is 1.97. The molecule has 1 aromatic rings. The lowest BCUT2D eigenvalue weighted by molar-refractivity contribution is -0.199. The molecule has 9 heteroatoms. The average Bonchev–Trinajstić information content (AvgIpc) is 3.15. The molecule has 2 aliphatic heterocycles. The van der Waals surface area contributed by atoms with Crippen LogP contribution < -0.4 is 4.74 Å². The molecule has 1 aromatic carbocycles. The predicted octanol–water partition coefficient (Wildman–Crippen LogP) is 5.17. The number of carbonyl (C=O) groups is 2. The molecule has 4 atom stereocenters. The zero-order valence-electron chi connectivity index (χ0n) is 24.8. The van der Waals surface area contributed by atoms with Gasteiger partial charge in [-0.25, -0.2) is 4.79 Å². The molecule has 3 aliphatic carbocycles. The number of hydrogen-bond acceptors (Lipinski definition) is 7. The molecule has 0 aromatic heterocycles. The highest BCUT2D eigenvalue weighted by Gasteiger charge is 2.67. The summed E-state index contributed by atoms with van der Waals surface area (Å²) < 4.78 is 25.1. The molecule has 1 amide bonds. The number of thioether (sulfide) groups is 1. The van der Waals surface area contributed by atoms with Crippen molar-refractivity contribution in [1.29, 1.82) is 0 Å². The van der Waals surface area contributed by atoms with E-state index in [1.807, 2.05) is 46.1 Å². The molecule has 2 heterocycles. The Kier molecular flexibility index (Phi) is 7.60. The van der Waals surface area contributed by atoms with Crippen LogP contribution in [-0.4, -0.2) is 72.4 Å². The number of likely N-dealkylation sites (tertiary alicyclic amines) is 1. The van der Waals surface area contributed by atoms with Crippen molar-refractivity contribution >= 4 is 30.8 Å². The van der Waals surface area contributed by atoms with Crippen LogP contribution in [0.5, 0.6) is 5.75 Å². The van der Waals surface area contributed by atoms with Gasteiger partial charge < -0.3 is 23.7 Å². The maximum absolute atomic E-state index is 13.4. The van der Waals surface area contributed by atoms with Crippen LogP contribution in [0.1, 0.15) is 75.9 Å². The Labute approximate surface area is 238 Å². The van der Waals surface area contributed by atoms with Gasteiger partial charge in [-0.15, -0.1) is 0 Å². The number of nitrogens with zero attached hydrogens (tertiary/aromatic N) is 1. The molecular formula is C30H44BNO6S. The van der Waals surface area contributed by atoms with Gasteiger partial charge in [0, 0.05) is 0 Å². The van der Waals surface area contributed by atoms with Crippen LogP contribution in [0.2, 0.25) is 6.32 Å². The minimum atomic E-state index is -0.625. The first kappa shape index (κ1) is 28.8. The minimum Gasteiger partial charge on any atom is -0.486 e. The molecule has 0 N–H and O–H groups in total. The standard InChI is InChI=1S/C30H44BNO6S/c1-18-19(11-12-31-37-24-14-20-13-23(29(20,5)6)30(24,7)38-31)9-10-22(26(18)27(34)36-28(2,3)4)35-21-15-32(16-21)25(33)17-39-8/h9-10,20-21,23-24H,11-17H2,1-8H3/t20-,23-,24+,30-/m0/s1. The largest absolute Gasteiger partial charge is 0.486 e. The first-order valence-corrected chi connectivity index (χ1v) is 15.7. The van der Waals surface area contributed by atoms with Crippen molar-refractivity contribution in [1.82, 2.24) is 4.90 Å². The maximum atomic E-state index is 13.4. The van der Waals surface area contributed by atoms with Crippen molar-refractivity contribution < 1.29 is 28.4 Å². The van der Waals surface area contributed by atoms with E-state index in [-0.39, 0.29) is 36.8 Å². The number of amides is 1. The third-order valence-electron chi connectivity index (χ3n) is 9.56. The highest BCUT2D eigenvalue weighted by Crippen LogP contribution is 2.65. The second-order valence-electron chi connectivity index (χ2n) is 13.6. The predicted molar refractivity (Wildman–Crippen MR) is 154 cm³/mol. The van der Waals surface area contributed by atoms with Gasteiger partial charge in [0.1, 0.15) is 23.0 Å². The van der Waals surface area contributed by atoms with E-state index in [2.05, 4.69) is 20.8 Å². The number of ether oxygens (including phenoxy) is 2. The van der Waals surface area contributed by atoms with Gasteiger partial charge >= 0.3 is 13.1 Å². The molecule has 6 rings (SSSR count). The first-order valence-electron chi connectivity index (χ1n) is 14.4. The third-order valence-corrected chi connectivity index (χ3v) is 10.1. The third kappa shape index (κ3) is 5.35. The Morgan fingerprint density at radius 1 is 1.18 bits per heavy atom. The second-order valence-corrected chi connectivity index (χ2v) is 14.5. The van der Waals surface area contributed by atoms with E-state index in [4.69, 9.17) is 18.8 Å². The van der Waals surface area contributed by atoms with Crippen LogP contribution in [0.4, 0.5) is 0 Å². The summed E-state index contributed by atoms with van der Waals surface area (Å²) in [7, 11) is -0.241. The maximum Gasteiger partial charge on any atom is 0.457 e. The molecule has 7 nitrogen and oxygen atoms in total. The zero-order chi connectivity index (χ0) is 28.3. The van der Waals surface area contributed by atoms with E-state index in [1.54, 1.807) is 4.90 Å². The lowest BCUT2D eigenvalue weighted by Gasteiger charge is -2.64. The van der Waals surface area contributed by atoms with Crippen LogP contribution in [0, 0.1) is 24.2 Å². The normalized spacial score (nSPS) is 29.4. The molecule has 5 fully saturated rings. The van der Waals surface area contributed by atoms with Crippen LogP contribution in [-0.2, 0) is 25.3 Å². The molecule has 2 bridgehead atoms. The monoisotopic (exact) mass is 557 g/mol. The van der Waals surface area contributed by atoms with Crippen LogP contribution in [0.15, 0.2) is 12.1 Å². The molecule has 5 aliphatic rings. The van der Waals surface area contributed by atoms with Crippen molar-refractivity contribution in [2.45, 2.75) is 97.5 Å². The van der Waals surface area contributed by atoms with Gasteiger partial charge in [-0.05, 0) is 101 Å². The van der Waals surface area contributed by atoms with Crippen LogP contribution >= 0.6 is 11.8 Å². The Bertz CT molecular complexity index is 1130. The molecule has 0 unspecified atom stereocenters. The first-order chi connectivity index (χ1) is 18.2. The number of carbonyl (C=O) groups excluding carboxylic acids is 2. The van der Waals surface area contributed by atoms with Gasteiger partial charge in [-0.3, -0.25) is 4.79 Å². The van der Waals surface area contributed by atoms with Crippen LogP contribution in [0.25, 0.3) is 0 Å². The Hall–Kier alpha value is -1.71. The highest BCUT2D eigenvalue weighted by atomic mass is 32.2. The fourth-order valence-corrected chi connectivity index (χ4v) is 7.57. The second kappa shape index (κ2) is 10.3. The van der Waals surface area contributed by atoms with E-state index in [0.717, 1.165) is 36.2 Å². The molecular weight excluding hydrogens is 513 g/mol. The SMILES string of the molecule is CSCC(=O)N1CC(Oc2ccc(CCB3O[C@@H]4C[C@@H]5C[C@@H](C5(C)C)[C@]4(C)O3)c(C)c2C(=O)OC(C)(C)C)C1. The zero-order valence-corrected chi connectivity index (χ0v) is 25.6. The van der Waals surface area contributed by atoms with Gasteiger partial charge in [0.25, 0.3) is 0 Å². The van der Waals surface area contributed by atoms with Crippen molar-refractivity contribution in [3.05, 3.63) is 28.8 Å². The van der Waals surface area contributed by atoms with Crippen molar-refractivity contribution in [3.8, 4) is 5.75 Å².